The van der Waals surface area contributed by atoms with Gasteiger partial charge in [0.1, 0.15) is 0 Å². The molecule has 0 saturated carbocycles. The number of rotatable bonds is 2. The fraction of sp³-hybridized carbons (Fsp3) is 0.111. The first-order valence-electron chi connectivity index (χ1n) is 4.07. The molecular weight excluding hydrogens is 202 g/mol. The van der Waals surface area contributed by atoms with Crippen LogP contribution in [0.4, 0.5) is 0 Å². The molecule has 0 bridgehead atoms. The van der Waals surface area contributed by atoms with Crippen LogP contribution in [0.5, 0.6) is 0 Å². The van der Waals surface area contributed by atoms with E-state index in [1.807, 2.05) is 0 Å². The van der Waals surface area contributed by atoms with Gasteiger partial charge in [0.15, 0.2) is 0 Å². The first-order valence-corrected chi connectivity index (χ1v) is 4.45. The first-order chi connectivity index (χ1) is 6.81. The van der Waals surface area contributed by atoms with Crippen molar-refractivity contribution in [3.8, 4) is 5.69 Å². The van der Waals surface area contributed by atoms with Crippen molar-refractivity contribution >= 4 is 11.6 Å². The number of aliphatic hydroxyl groups is 1. The third-order valence-electron chi connectivity index (χ3n) is 1.85. The van der Waals surface area contributed by atoms with Crippen LogP contribution in [0.2, 0.25) is 5.02 Å². The quantitative estimate of drug-likeness (QED) is 0.814. The maximum atomic E-state index is 9.10. The van der Waals surface area contributed by atoms with Gasteiger partial charge in [-0.2, -0.15) is 15.0 Å². The lowest BCUT2D eigenvalue weighted by molar-refractivity contribution is 0.281. The molecule has 0 radical (unpaired) electrons. The zero-order valence-corrected chi connectivity index (χ0v) is 8.02. The lowest BCUT2D eigenvalue weighted by atomic mass is 10.2. The second-order valence-corrected chi connectivity index (χ2v) is 3.19. The summed E-state index contributed by atoms with van der Waals surface area (Å²) in [7, 11) is 0. The number of benzene rings is 1. The van der Waals surface area contributed by atoms with E-state index in [1.54, 1.807) is 30.6 Å². The number of halogens is 1. The van der Waals surface area contributed by atoms with Crippen LogP contribution in [0.3, 0.4) is 0 Å². The molecule has 0 amide bonds. The number of hydrogen-bond acceptors (Lipinski definition) is 3. The molecule has 1 aromatic heterocycles. The molecule has 72 valence electrons. The topological polar surface area (TPSA) is 50.9 Å². The van der Waals surface area contributed by atoms with Crippen molar-refractivity contribution < 1.29 is 5.11 Å². The van der Waals surface area contributed by atoms with Crippen molar-refractivity contribution in [2.24, 2.45) is 0 Å². The van der Waals surface area contributed by atoms with E-state index >= 15 is 0 Å². The van der Waals surface area contributed by atoms with Gasteiger partial charge in [-0.25, -0.2) is 0 Å². The van der Waals surface area contributed by atoms with Crippen molar-refractivity contribution in [3.05, 3.63) is 41.2 Å². The van der Waals surface area contributed by atoms with Gasteiger partial charge in [-0.15, -0.1) is 0 Å². The molecule has 0 saturated heterocycles. The third kappa shape index (κ3) is 1.62. The largest absolute Gasteiger partial charge is 0.392 e. The van der Waals surface area contributed by atoms with Gasteiger partial charge in [0.25, 0.3) is 0 Å². The summed E-state index contributed by atoms with van der Waals surface area (Å²) in [6, 6.07) is 5.19. The Kier molecular flexibility index (Phi) is 2.47. The summed E-state index contributed by atoms with van der Waals surface area (Å²) in [4.78, 5) is 1.43. The van der Waals surface area contributed by atoms with E-state index in [0.29, 0.717) is 10.7 Å². The van der Waals surface area contributed by atoms with E-state index < -0.39 is 0 Å². The third-order valence-corrected chi connectivity index (χ3v) is 2.09. The Labute approximate surface area is 85.7 Å². The van der Waals surface area contributed by atoms with Crippen molar-refractivity contribution in [1.82, 2.24) is 15.0 Å². The minimum Gasteiger partial charge on any atom is -0.392 e. The van der Waals surface area contributed by atoms with Crippen LogP contribution in [-0.4, -0.2) is 20.1 Å². The molecule has 0 aliphatic rings. The normalized spacial score (nSPS) is 10.4. The second kappa shape index (κ2) is 3.77. The molecule has 1 N–H and O–H groups in total. The molecule has 0 spiro atoms. The van der Waals surface area contributed by atoms with E-state index in [9.17, 15) is 0 Å². The maximum Gasteiger partial charge on any atom is 0.0926 e. The highest BCUT2D eigenvalue weighted by Crippen LogP contribution is 2.18. The summed E-state index contributed by atoms with van der Waals surface area (Å²) in [5, 5.41) is 17.6. The Morgan fingerprint density at radius 2 is 2.00 bits per heavy atom. The van der Waals surface area contributed by atoms with Gasteiger partial charge in [-0.3, -0.25) is 0 Å². The number of aliphatic hydroxyl groups excluding tert-OH is 1. The van der Waals surface area contributed by atoms with Crippen LogP contribution in [0.25, 0.3) is 5.69 Å². The molecule has 2 rings (SSSR count). The summed E-state index contributed by atoms with van der Waals surface area (Å²) in [5.74, 6) is 0. The van der Waals surface area contributed by atoms with Crippen LogP contribution in [0.1, 0.15) is 5.56 Å². The summed E-state index contributed by atoms with van der Waals surface area (Å²) in [5.41, 5.74) is 1.44. The van der Waals surface area contributed by atoms with Crippen LogP contribution in [0, 0.1) is 0 Å². The summed E-state index contributed by atoms with van der Waals surface area (Å²) in [6.45, 7) is -0.0615. The van der Waals surface area contributed by atoms with E-state index in [-0.39, 0.29) is 6.61 Å². The molecule has 0 aliphatic heterocycles. The highest BCUT2D eigenvalue weighted by Gasteiger charge is 2.05. The predicted molar refractivity (Wildman–Crippen MR) is 52.3 cm³/mol. The van der Waals surface area contributed by atoms with Gasteiger partial charge >= 0.3 is 0 Å². The first kappa shape index (κ1) is 9.18. The van der Waals surface area contributed by atoms with E-state index in [2.05, 4.69) is 10.2 Å². The molecule has 5 heteroatoms. The minimum atomic E-state index is -0.0615. The van der Waals surface area contributed by atoms with Crippen LogP contribution in [0.15, 0.2) is 30.6 Å². The van der Waals surface area contributed by atoms with Gasteiger partial charge in [0.05, 0.1) is 24.7 Å². The van der Waals surface area contributed by atoms with Crippen molar-refractivity contribution in [1.29, 1.82) is 0 Å². The molecule has 4 nitrogen and oxygen atoms in total. The van der Waals surface area contributed by atoms with Gasteiger partial charge < -0.3 is 5.11 Å². The van der Waals surface area contributed by atoms with Crippen LogP contribution in [-0.2, 0) is 6.61 Å². The zero-order chi connectivity index (χ0) is 9.97. The van der Waals surface area contributed by atoms with E-state index in [0.717, 1.165) is 5.56 Å². The highest BCUT2D eigenvalue weighted by atomic mass is 35.5. The number of aromatic nitrogens is 3. The van der Waals surface area contributed by atoms with Crippen molar-refractivity contribution in [3.63, 3.8) is 0 Å². The Hall–Kier alpha value is -1.39. The molecule has 1 heterocycles. The molecule has 0 fully saturated rings. The average molecular weight is 210 g/mol. The highest BCUT2D eigenvalue weighted by molar-refractivity contribution is 6.30. The van der Waals surface area contributed by atoms with Gasteiger partial charge in [0, 0.05) is 10.6 Å². The summed E-state index contributed by atoms with van der Waals surface area (Å²) >= 11 is 5.84. The smallest absolute Gasteiger partial charge is 0.0926 e. The predicted octanol–water partition coefficient (Wildman–Crippen LogP) is 1.41. The minimum absolute atomic E-state index is 0.0615. The van der Waals surface area contributed by atoms with Gasteiger partial charge in [-0.1, -0.05) is 17.7 Å². The fourth-order valence-electron chi connectivity index (χ4n) is 1.20. The zero-order valence-electron chi connectivity index (χ0n) is 7.26. The maximum absolute atomic E-state index is 9.10. The van der Waals surface area contributed by atoms with E-state index in [1.165, 1.54) is 4.80 Å². The van der Waals surface area contributed by atoms with Crippen molar-refractivity contribution in [2.75, 3.05) is 0 Å². The monoisotopic (exact) mass is 209 g/mol. The SMILES string of the molecule is OCc1ccc(Cl)cc1-n1nccn1. The summed E-state index contributed by atoms with van der Waals surface area (Å²) in [6.07, 6.45) is 3.14. The molecule has 0 unspecified atom stereocenters. The molecule has 0 atom stereocenters. The van der Waals surface area contributed by atoms with Gasteiger partial charge in [-0.05, 0) is 12.1 Å². The molecular formula is C9H8ClN3O. The lowest BCUT2D eigenvalue weighted by Crippen LogP contribution is -2.02. The molecule has 1 aromatic carbocycles. The number of nitrogens with zero attached hydrogens (tertiary/aromatic N) is 3. The van der Waals surface area contributed by atoms with E-state index in [4.69, 9.17) is 16.7 Å². The van der Waals surface area contributed by atoms with Crippen LogP contribution >= 0.6 is 11.6 Å². The fourth-order valence-corrected chi connectivity index (χ4v) is 1.36. The lowest BCUT2D eigenvalue weighted by Gasteiger charge is -2.05. The number of hydrogen-bond donors (Lipinski definition) is 1. The molecule has 0 aliphatic carbocycles. The average Bonchev–Trinajstić information content (AvgIpc) is 2.70. The van der Waals surface area contributed by atoms with Crippen LogP contribution < -0.4 is 0 Å². The standard InChI is InChI=1S/C9H8ClN3O/c10-8-2-1-7(6-14)9(5-8)13-11-3-4-12-13/h1-5,14H,6H2. The Morgan fingerprint density at radius 1 is 1.29 bits per heavy atom. The Morgan fingerprint density at radius 3 is 2.64 bits per heavy atom. The van der Waals surface area contributed by atoms with Crippen molar-refractivity contribution in [2.45, 2.75) is 6.61 Å². The second-order valence-electron chi connectivity index (χ2n) is 2.75. The molecule has 2 aromatic rings. The Balaban J connectivity index is 2.55. The Bertz CT molecular complexity index is 428. The van der Waals surface area contributed by atoms with Gasteiger partial charge in [0.2, 0.25) is 0 Å². The molecule has 14 heavy (non-hydrogen) atoms. The summed E-state index contributed by atoms with van der Waals surface area (Å²) < 4.78 is 0.